The Balaban J connectivity index is 1.91. The van der Waals surface area contributed by atoms with Crippen LogP contribution in [0, 0.1) is 5.92 Å². The first-order valence-corrected chi connectivity index (χ1v) is 6.28. The van der Waals surface area contributed by atoms with Crippen LogP contribution in [-0.2, 0) is 4.79 Å². The highest BCUT2D eigenvalue weighted by molar-refractivity contribution is 5.86. The second-order valence-corrected chi connectivity index (χ2v) is 5.59. The molecule has 1 aliphatic carbocycles. The number of hydrogen-bond acceptors (Lipinski definition) is 3. The first-order valence-electron chi connectivity index (χ1n) is 6.28. The van der Waals surface area contributed by atoms with Crippen LogP contribution in [0.1, 0.15) is 27.2 Å². The summed E-state index contributed by atoms with van der Waals surface area (Å²) in [5.41, 5.74) is -0.371. The van der Waals surface area contributed by atoms with Crippen molar-refractivity contribution in [2.75, 3.05) is 26.2 Å². The molecule has 2 fully saturated rings. The maximum Gasteiger partial charge on any atom is 0.240 e. The van der Waals surface area contributed by atoms with E-state index in [2.05, 4.69) is 22.5 Å². The van der Waals surface area contributed by atoms with Gasteiger partial charge in [-0.3, -0.25) is 9.69 Å². The Morgan fingerprint density at radius 3 is 2.44 bits per heavy atom. The first-order chi connectivity index (χ1) is 7.51. The van der Waals surface area contributed by atoms with E-state index in [0.29, 0.717) is 12.0 Å². The molecule has 0 bridgehead atoms. The van der Waals surface area contributed by atoms with Crippen LogP contribution in [-0.4, -0.2) is 48.6 Å². The Labute approximate surface area is 97.8 Å². The third-order valence-corrected chi connectivity index (χ3v) is 3.89. The summed E-state index contributed by atoms with van der Waals surface area (Å²) in [4.78, 5) is 14.5. The second-order valence-electron chi connectivity index (χ2n) is 5.59. The molecular formula is C12H23N3O. The minimum Gasteiger partial charge on any atom is -0.351 e. The fraction of sp³-hybridized carbons (Fsp3) is 0.917. The van der Waals surface area contributed by atoms with Gasteiger partial charge in [-0.1, -0.05) is 6.92 Å². The van der Waals surface area contributed by atoms with Gasteiger partial charge >= 0.3 is 0 Å². The van der Waals surface area contributed by atoms with Crippen LogP contribution in [0.25, 0.3) is 0 Å². The van der Waals surface area contributed by atoms with Gasteiger partial charge in [-0.25, -0.2) is 0 Å². The Hall–Kier alpha value is -0.610. The minimum absolute atomic E-state index is 0.184. The number of carbonyl (C=O) groups excluding carboxylic acids is 1. The summed E-state index contributed by atoms with van der Waals surface area (Å²) in [6, 6.07) is 0.426. The summed E-state index contributed by atoms with van der Waals surface area (Å²) < 4.78 is 0. The van der Waals surface area contributed by atoms with E-state index in [4.69, 9.17) is 0 Å². The van der Waals surface area contributed by atoms with Crippen molar-refractivity contribution < 1.29 is 4.79 Å². The molecule has 0 aromatic rings. The molecule has 1 amide bonds. The van der Waals surface area contributed by atoms with E-state index < -0.39 is 0 Å². The molecule has 0 spiro atoms. The van der Waals surface area contributed by atoms with Crippen molar-refractivity contribution in [3.8, 4) is 0 Å². The summed E-state index contributed by atoms with van der Waals surface area (Å²) >= 11 is 0. The molecular weight excluding hydrogens is 202 g/mol. The Morgan fingerprint density at radius 2 is 1.94 bits per heavy atom. The highest BCUT2D eigenvalue weighted by Gasteiger charge is 2.40. The largest absolute Gasteiger partial charge is 0.351 e. The van der Waals surface area contributed by atoms with Crippen LogP contribution in [0.15, 0.2) is 0 Å². The van der Waals surface area contributed by atoms with Crippen LogP contribution in [0.4, 0.5) is 0 Å². The lowest BCUT2D eigenvalue weighted by Gasteiger charge is -2.39. The zero-order chi connectivity index (χ0) is 11.8. The van der Waals surface area contributed by atoms with Gasteiger partial charge in [0.2, 0.25) is 5.91 Å². The fourth-order valence-electron chi connectivity index (χ4n) is 2.24. The third kappa shape index (κ3) is 2.38. The molecule has 1 saturated carbocycles. The average Bonchev–Trinajstić information content (AvgIpc) is 2.95. The van der Waals surface area contributed by atoms with E-state index >= 15 is 0 Å². The van der Waals surface area contributed by atoms with Gasteiger partial charge in [-0.2, -0.15) is 0 Å². The van der Waals surface area contributed by atoms with E-state index in [1.807, 2.05) is 13.8 Å². The molecule has 92 valence electrons. The van der Waals surface area contributed by atoms with Crippen molar-refractivity contribution in [3.05, 3.63) is 0 Å². The summed E-state index contributed by atoms with van der Waals surface area (Å²) in [6.07, 6.45) is 1.14. The van der Waals surface area contributed by atoms with Crippen molar-refractivity contribution in [3.63, 3.8) is 0 Å². The van der Waals surface area contributed by atoms with Gasteiger partial charge in [-0.05, 0) is 26.2 Å². The van der Waals surface area contributed by atoms with Crippen molar-refractivity contribution >= 4 is 5.91 Å². The lowest BCUT2D eigenvalue weighted by Crippen LogP contribution is -2.60. The lowest BCUT2D eigenvalue weighted by molar-refractivity contribution is -0.132. The molecule has 2 unspecified atom stereocenters. The molecule has 2 aliphatic rings. The number of piperazine rings is 1. The van der Waals surface area contributed by atoms with Gasteiger partial charge in [0.15, 0.2) is 0 Å². The molecule has 1 heterocycles. The normalized spacial score (nSPS) is 31.2. The number of nitrogens with one attached hydrogen (secondary N) is 2. The molecule has 4 heteroatoms. The predicted molar refractivity (Wildman–Crippen MR) is 64.2 cm³/mol. The van der Waals surface area contributed by atoms with Gasteiger partial charge < -0.3 is 10.6 Å². The highest BCUT2D eigenvalue weighted by atomic mass is 16.2. The summed E-state index contributed by atoms with van der Waals surface area (Å²) in [5, 5.41) is 6.45. The number of amides is 1. The van der Waals surface area contributed by atoms with Crippen LogP contribution >= 0.6 is 0 Å². The maximum atomic E-state index is 12.2. The molecule has 2 N–H and O–H groups in total. The van der Waals surface area contributed by atoms with E-state index in [1.165, 1.54) is 0 Å². The summed E-state index contributed by atoms with van der Waals surface area (Å²) in [5.74, 6) is 0.853. The van der Waals surface area contributed by atoms with Crippen LogP contribution in [0.2, 0.25) is 0 Å². The zero-order valence-electron chi connectivity index (χ0n) is 10.5. The topological polar surface area (TPSA) is 44.4 Å². The van der Waals surface area contributed by atoms with Gasteiger partial charge in [0.25, 0.3) is 0 Å². The molecule has 1 saturated heterocycles. The Bertz CT molecular complexity index is 271. The quantitative estimate of drug-likeness (QED) is 0.721. The summed E-state index contributed by atoms with van der Waals surface area (Å²) in [7, 11) is 0. The van der Waals surface area contributed by atoms with Crippen molar-refractivity contribution in [2.24, 2.45) is 5.92 Å². The molecule has 2 atom stereocenters. The van der Waals surface area contributed by atoms with E-state index in [1.54, 1.807) is 0 Å². The van der Waals surface area contributed by atoms with Gasteiger partial charge in [-0.15, -0.1) is 0 Å². The fourth-order valence-corrected chi connectivity index (χ4v) is 2.24. The number of hydrogen-bond donors (Lipinski definition) is 2. The maximum absolute atomic E-state index is 12.2. The summed E-state index contributed by atoms with van der Waals surface area (Å²) in [6.45, 7) is 10.1. The first kappa shape index (κ1) is 11.9. The van der Waals surface area contributed by atoms with Gasteiger partial charge in [0, 0.05) is 32.2 Å². The van der Waals surface area contributed by atoms with E-state index in [-0.39, 0.29) is 11.4 Å². The minimum atomic E-state index is -0.371. The predicted octanol–water partition coefficient (Wildman–Crippen LogP) is 0.195. The van der Waals surface area contributed by atoms with Gasteiger partial charge in [0.1, 0.15) is 0 Å². The molecule has 4 nitrogen and oxygen atoms in total. The van der Waals surface area contributed by atoms with E-state index in [9.17, 15) is 4.79 Å². The average molecular weight is 225 g/mol. The Kier molecular flexibility index (Phi) is 3.22. The van der Waals surface area contributed by atoms with Gasteiger partial charge in [0.05, 0.1) is 5.54 Å². The van der Waals surface area contributed by atoms with E-state index in [0.717, 1.165) is 32.6 Å². The van der Waals surface area contributed by atoms with Crippen molar-refractivity contribution in [1.82, 2.24) is 15.5 Å². The molecule has 16 heavy (non-hydrogen) atoms. The standard InChI is InChI=1S/C12H23N3O/c1-9-8-10(9)14-11(16)12(2,3)15-6-4-13-5-7-15/h9-10,13H,4-8H2,1-3H3,(H,14,16). The molecule has 1 aliphatic heterocycles. The van der Waals surface area contributed by atoms with Crippen molar-refractivity contribution in [2.45, 2.75) is 38.8 Å². The SMILES string of the molecule is CC1CC1NC(=O)C(C)(C)N1CCNCC1. The number of nitrogens with zero attached hydrogens (tertiary/aromatic N) is 1. The molecule has 0 aromatic carbocycles. The molecule has 2 rings (SSSR count). The molecule has 0 radical (unpaired) electrons. The molecule has 0 aromatic heterocycles. The van der Waals surface area contributed by atoms with Crippen LogP contribution in [0.3, 0.4) is 0 Å². The Morgan fingerprint density at radius 1 is 1.38 bits per heavy atom. The lowest BCUT2D eigenvalue weighted by atomic mass is 10.0. The number of rotatable bonds is 3. The van der Waals surface area contributed by atoms with Crippen LogP contribution < -0.4 is 10.6 Å². The highest BCUT2D eigenvalue weighted by Crippen LogP contribution is 2.30. The number of carbonyl (C=O) groups is 1. The smallest absolute Gasteiger partial charge is 0.240 e. The second kappa shape index (κ2) is 4.34. The monoisotopic (exact) mass is 225 g/mol. The van der Waals surface area contributed by atoms with Crippen molar-refractivity contribution in [1.29, 1.82) is 0 Å². The zero-order valence-corrected chi connectivity index (χ0v) is 10.5. The van der Waals surface area contributed by atoms with Crippen LogP contribution in [0.5, 0.6) is 0 Å². The third-order valence-electron chi connectivity index (χ3n) is 3.89.